The Kier molecular flexibility index (Phi) is 7.38. The van der Waals surface area contributed by atoms with Crippen LogP contribution >= 0.6 is 11.8 Å². The number of morpholine rings is 1. The maximum atomic E-state index is 13.1. The van der Waals surface area contributed by atoms with Gasteiger partial charge in [0.2, 0.25) is 10.0 Å². The summed E-state index contributed by atoms with van der Waals surface area (Å²) >= 11 is 1.89. The number of sulfonamides is 1. The number of nitrogens with zero attached hydrogens (tertiary/aromatic N) is 3. The molecule has 9 heteroatoms. The van der Waals surface area contributed by atoms with E-state index in [1.165, 1.54) is 4.31 Å². The SMILES string of the molecule is CN(C)CC1CSCCCN1C(=O)c1ccc(S(=O)(=O)N2CCOCC2)cc1. The maximum absolute atomic E-state index is 13.1. The van der Waals surface area contributed by atoms with E-state index in [4.69, 9.17) is 4.74 Å². The van der Waals surface area contributed by atoms with Crippen molar-refractivity contribution in [3.05, 3.63) is 29.8 Å². The summed E-state index contributed by atoms with van der Waals surface area (Å²) in [6.07, 6.45) is 0.976. The lowest BCUT2D eigenvalue weighted by Gasteiger charge is -2.32. The van der Waals surface area contributed by atoms with Crippen LogP contribution in [-0.4, -0.2) is 99.5 Å². The molecule has 0 saturated carbocycles. The van der Waals surface area contributed by atoms with E-state index in [9.17, 15) is 13.2 Å². The second kappa shape index (κ2) is 9.58. The number of likely N-dealkylation sites (N-methyl/N-ethyl adjacent to an activating group) is 1. The number of thioether (sulfide) groups is 1. The number of rotatable bonds is 5. The summed E-state index contributed by atoms with van der Waals surface area (Å²) in [6, 6.07) is 6.53. The Morgan fingerprint density at radius 1 is 1.18 bits per heavy atom. The van der Waals surface area contributed by atoms with Crippen molar-refractivity contribution in [2.45, 2.75) is 17.4 Å². The van der Waals surface area contributed by atoms with Crippen LogP contribution in [-0.2, 0) is 14.8 Å². The Labute approximate surface area is 172 Å². The van der Waals surface area contributed by atoms with E-state index < -0.39 is 10.0 Å². The molecule has 0 N–H and O–H groups in total. The lowest BCUT2D eigenvalue weighted by atomic mass is 10.1. The number of benzene rings is 1. The molecule has 2 heterocycles. The van der Waals surface area contributed by atoms with Crippen LogP contribution in [0.25, 0.3) is 0 Å². The first kappa shape index (κ1) is 21.6. The monoisotopic (exact) mass is 427 g/mol. The molecule has 1 amide bonds. The maximum Gasteiger partial charge on any atom is 0.254 e. The predicted octanol–water partition coefficient (Wildman–Crippen LogP) is 1.22. The summed E-state index contributed by atoms with van der Waals surface area (Å²) in [4.78, 5) is 17.4. The van der Waals surface area contributed by atoms with Gasteiger partial charge in [-0.2, -0.15) is 16.1 Å². The second-order valence-electron chi connectivity index (χ2n) is 7.38. The summed E-state index contributed by atoms with van der Waals surface area (Å²) in [5.74, 6) is 1.96. The van der Waals surface area contributed by atoms with E-state index in [2.05, 4.69) is 4.90 Å². The second-order valence-corrected chi connectivity index (χ2v) is 10.5. The number of ether oxygens (including phenoxy) is 1. The predicted molar refractivity (Wildman–Crippen MR) is 111 cm³/mol. The molecule has 0 bridgehead atoms. The summed E-state index contributed by atoms with van der Waals surface area (Å²) < 4.78 is 32.2. The smallest absolute Gasteiger partial charge is 0.254 e. The molecule has 7 nitrogen and oxygen atoms in total. The number of amides is 1. The molecule has 28 heavy (non-hydrogen) atoms. The Morgan fingerprint density at radius 2 is 1.86 bits per heavy atom. The minimum absolute atomic E-state index is 0.0235. The number of hydrogen-bond acceptors (Lipinski definition) is 6. The van der Waals surface area contributed by atoms with Crippen LogP contribution in [0.3, 0.4) is 0 Å². The first-order chi connectivity index (χ1) is 13.4. The average molecular weight is 428 g/mol. The van der Waals surface area contributed by atoms with Crippen molar-refractivity contribution in [2.75, 3.05) is 65.0 Å². The van der Waals surface area contributed by atoms with E-state index in [-0.39, 0.29) is 16.8 Å². The Balaban J connectivity index is 1.76. The summed E-state index contributed by atoms with van der Waals surface area (Å²) in [5, 5.41) is 0. The van der Waals surface area contributed by atoms with Gasteiger partial charge in [-0.15, -0.1) is 0 Å². The van der Waals surface area contributed by atoms with Gasteiger partial charge in [-0.05, 0) is 50.5 Å². The van der Waals surface area contributed by atoms with Crippen molar-refractivity contribution in [3.63, 3.8) is 0 Å². The number of carbonyl (C=O) groups is 1. The Hall–Kier alpha value is -1.13. The minimum Gasteiger partial charge on any atom is -0.379 e. The molecule has 2 saturated heterocycles. The number of carbonyl (C=O) groups excluding carboxylic acids is 1. The van der Waals surface area contributed by atoms with Crippen LogP contribution < -0.4 is 0 Å². The molecule has 3 rings (SSSR count). The van der Waals surface area contributed by atoms with Crippen molar-refractivity contribution in [1.29, 1.82) is 0 Å². The van der Waals surface area contributed by atoms with Crippen LogP contribution in [0.5, 0.6) is 0 Å². The highest BCUT2D eigenvalue weighted by Crippen LogP contribution is 2.22. The fourth-order valence-corrected chi connectivity index (χ4v) is 6.01. The van der Waals surface area contributed by atoms with Gasteiger partial charge in [-0.1, -0.05) is 0 Å². The molecule has 1 unspecified atom stereocenters. The summed E-state index contributed by atoms with van der Waals surface area (Å²) in [6.45, 7) is 3.10. The first-order valence-corrected chi connectivity index (χ1v) is 12.2. The van der Waals surface area contributed by atoms with E-state index in [0.717, 1.165) is 31.0 Å². The lowest BCUT2D eigenvalue weighted by molar-refractivity contribution is 0.0675. The zero-order valence-corrected chi connectivity index (χ0v) is 18.2. The first-order valence-electron chi connectivity index (χ1n) is 9.61. The van der Waals surface area contributed by atoms with Crippen molar-refractivity contribution in [1.82, 2.24) is 14.1 Å². The van der Waals surface area contributed by atoms with Crippen LogP contribution in [0, 0.1) is 0 Å². The van der Waals surface area contributed by atoms with Crippen molar-refractivity contribution in [2.24, 2.45) is 0 Å². The van der Waals surface area contributed by atoms with Crippen molar-refractivity contribution in [3.8, 4) is 0 Å². The molecule has 0 aliphatic carbocycles. The standard InChI is InChI=1S/C19H29N3O4S2/c1-20(2)14-17-15-27-13-3-8-22(17)19(23)16-4-6-18(7-5-16)28(24,25)21-9-11-26-12-10-21/h4-7,17H,3,8-15H2,1-2H3. The van der Waals surface area contributed by atoms with Gasteiger partial charge in [0.25, 0.3) is 5.91 Å². The average Bonchev–Trinajstić information content (AvgIpc) is 2.93. The number of hydrogen-bond donors (Lipinski definition) is 0. The third kappa shape index (κ3) is 5.07. The Morgan fingerprint density at radius 3 is 2.50 bits per heavy atom. The summed E-state index contributed by atoms with van der Waals surface area (Å²) in [7, 11) is 0.491. The van der Waals surface area contributed by atoms with E-state index in [1.54, 1.807) is 24.3 Å². The molecule has 0 aromatic heterocycles. The van der Waals surface area contributed by atoms with Gasteiger partial charge in [0.1, 0.15) is 0 Å². The van der Waals surface area contributed by atoms with Gasteiger partial charge in [0.05, 0.1) is 24.2 Å². The summed E-state index contributed by atoms with van der Waals surface area (Å²) in [5.41, 5.74) is 0.539. The third-order valence-electron chi connectivity index (χ3n) is 4.98. The molecule has 2 aliphatic rings. The fraction of sp³-hybridized carbons (Fsp3) is 0.632. The Bertz CT molecular complexity index is 762. The minimum atomic E-state index is -3.54. The lowest BCUT2D eigenvalue weighted by Crippen LogP contribution is -2.46. The van der Waals surface area contributed by atoms with Crippen LogP contribution in [0.2, 0.25) is 0 Å². The molecule has 2 aliphatic heterocycles. The third-order valence-corrected chi connectivity index (χ3v) is 8.10. The van der Waals surface area contributed by atoms with Gasteiger partial charge >= 0.3 is 0 Å². The molecule has 1 aromatic rings. The fourth-order valence-electron chi connectivity index (χ4n) is 3.54. The molecule has 0 spiro atoms. The molecule has 1 aromatic carbocycles. The van der Waals surface area contributed by atoms with Gasteiger partial charge < -0.3 is 14.5 Å². The largest absolute Gasteiger partial charge is 0.379 e. The quantitative estimate of drug-likeness (QED) is 0.704. The highest BCUT2D eigenvalue weighted by atomic mass is 32.2. The van der Waals surface area contributed by atoms with Crippen LogP contribution in [0.4, 0.5) is 0 Å². The van der Waals surface area contributed by atoms with Crippen LogP contribution in [0.15, 0.2) is 29.2 Å². The van der Waals surface area contributed by atoms with Gasteiger partial charge in [0, 0.05) is 37.5 Å². The molecule has 1 atom stereocenters. The normalized spacial score (nSPS) is 22.2. The zero-order valence-electron chi connectivity index (χ0n) is 16.5. The van der Waals surface area contributed by atoms with E-state index in [0.29, 0.717) is 31.9 Å². The molecule has 0 radical (unpaired) electrons. The zero-order chi connectivity index (χ0) is 20.1. The highest BCUT2D eigenvalue weighted by Gasteiger charge is 2.29. The van der Waals surface area contributed by atoms with Gasteiger partial charge in [-0.25, -0.2) is 8.42 Å². The van der Waals surface area contributed by atoms with Crippen molar-refractivity contribution >= 4 is 27.7 Å². The van der Waals surface area contributed by atoms with Gasteiger partial charge in [0.15, 0.2) is 0 Å². The molecule has 2 fully saturated rings. The molecular weight excluding hydrogens is 398 g/mol. The highest BCUT2D eigenvalue weighted by molar-refractivity contribution is 7.99. The van der Waals surface area contributed by atoms with E-state index >= 15 is 0 Å². The van der Waals surface area contributed by atoms with E-state index in [1.807, 2.05) is 30.8 Å². The van der Waals surface area contributed by atoms with Crippen molar-refractivity contribution < 1.29 is 17.9 Å². The molecular formula is C19H29N3O4S2. The topological polar surface area (TPSA) is 70.2 Å². The molecule has 156 valence electrons. The van der Waals surface area contributed by atoms with Crippen LogP contribution in [0.1, 0.15) is 16.8 Å². The van der Waals surface area contributed by atoms with Gasteiger partial charge in [-0.3, -0.25) is 4.79 Å².